The van der Waals surface area contributed by atoms with Gasteiger partial charge in [0.2, 0.25) is 0 Å². The molecule has 1 fully saturated rings. The van der Waals surface area contributed by atoms with Gasteiger partial charge in [-0.05, 0) is 38.8 Å². The standard InChI is InChI=1S/C14H21N3O2/c1-3-15-12-11(6-4-8-16-12)13(18)17-10-14(2)7-5-9-19-14/h4,6,8H,3,5,7,9-10H2,1-2H3,(H,15,16)(H,17,18). The van der Waals surface area contributed by atoms with Gasteiger partial charge in [0.15, 0.2) is 0 Å². The second kappa shape index (κ2) is 6.02. The first kappa shape index (κ1) is 13.8. The monoisotopic (exact) mass is 263 g/mol. The Bertz CT molecular complexity index is 442. The summed E-state index contributed by atoms with van der Waals surface area (Å²) in [7, 11) is 0. The van der Waals surface area contributed by atoms with E-state index in [9.17, 15) is 4.79 Å². The van der Waals surface area contributed by atoms with Crippen LogP contribution in [0.5, 0.6) is 0 Å². The van der Waals surface area contributed by atoms with Gasteiger partial charge in [0.05, 0.1) is 11.2 Å². The molecule has 0 aliphatic carbocycles. The number of hydrogen-bond acceptors (Lipinski definition) is 4. The Morgan fingerprint density at radius 1 is 1.58 bits per heavy atom. The predicted molar refractivity (Wildman–Crippen MR) is 74.3 cm³/mol. The number of aromatic nitrogens is 1. The molecule has 2 rings (SSSR count). The number of nitrogens with zero attached hydrogens (tertiary/aromatic N) is 1. The maximum absolute atomic E-state index is 12.2. The Morgan fingerprint density at radius 3 is 3.11 bits per heavy atom. The summed E-state index contributed by atoms with van der Waals surface area (Å²) in [5.74, 6) is 0.515. The first-order valence-corrected chi connectivity index (χ1v) is 6.76. The topological polar surface area (TPSA) is 63.2 Å². The summed E-state index contributed by atoms with van der Waals surface area (Å²) >= 11 is 0. The van der Waals surface area contributed by atoms with Crippen LogP contribution < -0.4 is 10.6 Å². The van der Waals surface area contributed by atoms with Crippen LogP contribution >= 0.6 is 0 Å². The van der Waals surface area contributed by atoms with Gasteiger partial charge < -0.3 is 15.4 Å². The highest BCUT2D eigenvalue weighted by Crippen LogP contribution is 2.24. The zero-order valence-electron chi connectivity index (χ0n) is 11.5. The van der Waals surface area contributed by atoms with Gasteiger partial charge >= 0.3 is 0 Å². The van der Waals surface area contributed by atoms with E-state index in [0.717, 1.165) is 26.0 Å². The van der Waals surface area contributed by atoms with Crippen LogP contribution in [0.15, 0.2) is 18.3 Å². The molecular weight excluding hydrogens is 242 g/mol. The molecule has 104 valence electrons. The van der Waals surface area contributed by atoms with Crippen molar-refractivity contribution in [3.05, 3.63) is 23.9 Å². The molecule has 1 aliphatic heterocycles. The van der Waals surface area contributed by atoms with Gasteiger partial charge in [-0.2, -0.15) is 0 Å². The molecular formula is C14H21N3O2. The smallest absolute Gasteiger partial charge is 0.255 e. The molecule has 1 saturated heterocycles. The number of anilines is 1. The Labute approximate surface area is 113 Å². The molecule has 1 aromatic rings. The lowest BCUT2D eigenvalue weighted by Gasteiger charge is -2.23. The molecule has 1 amide bonds. The van der Waals surface area contributed by atoms with E-state index in [1.54, 1.807) is 18.3 Å². The number of carbonyl (C=O) groups excluding carboxylic acids is 1. The minimum atomic E-state index is -0.226. The molecule has 1 atom stereocenters. The molecule has 1 aliphatic rings. The van der Waals surface area contributed by atoms with E-state index in [2.05, 4.69) is 15.6 Å². The number of pyridine rings is 1. The van der Waals surface area contributed by atoms with Crippen molar-refractivity contribution in [2.24, 2.45) is 0 Å². The van der Waals surface area contributed by atoms with Crippen LogP contribution in [0.2, 0.25) is 0 Å². The quantitative estimate of drug-likeness (QED) is 0.850. The van der Waals surface area contributed by atoms with Crippen molar-refractivity contribution >= 4 is 11.7 Å². The van der Waals surface area contributed by atoms with Gasteiger partial charge in [0.1, 0.15) is 5.82 Å². The Hall–Kier alpha value is -1.62. The minimum Gasteiger partial charge on any atom is -0.373 e. The van der Waals surface area contributed by atoms with Gasteiger partial charge in [0.25, 0.3) is 5.91 Å². The van der Waals surface area contributed by atoms with Crippen molar-refractivity contribution < 1.29 is 9.53 Å². The average Bonchev–Trinajstić information content (AvgIpc) is 2.85. The molecule has 0 aromatic carbocycles. The van der Waals surface area contributed by atoms with Crippen LogP contribution in [0, 0.1) is 0 Å². The molecule has 0 radical (unpaired) electrons. The normalized spacial score (nSPS) is 22.2. The Morgan fingerprint density at radius 2 is 2.42 bits per heavy atom. The summed E-state index contributed by atoms with van der Waals surface area (Å²) in [6.07, 6.45) is 3.72. The molecule has 0 bridgehead atoms. The lowest BCUT2D eigenvalue weighted by Crippen LogP contribution is -2.40. The van der Waals surface area contributed by atoms with Gasteiger partial charge in [-0.15, -0.1) is 0 Å². The molecule has 19 heavy (non-hydrogen) atoms. The maximum Gasteiger partial charge on any atom is 0.255 e. The highest BCUT2D eigenvalue weighted by Gasteiger charge is 2.30. The van der Waals surface area contributed by atoms with Crippen molar-refractivity contribution in [1.82, 2.24) is 10.3 Å². The summed E-state index contributed by atoms with van der Waals surface area (Å²) in [6, 6.07) is 3.54. The van der Waals surface area contributed by atoms with Crippen LogP contribution in [0.4, 0.5) is 5.82 Å². The summed E-state index contributed by atoms with van der Waals surface area (Å²) in [5, 5.41) is 6.03. The van der Waals surface area contributed by atoms with E-state index in [1.807, 2.05) is 13.8 Å². The molecule has 2 N–H and O–H groups in total. The van der Waals surface area contributed by atoms with E-state index in [4.69, 9.17) is 4.74 Å². The van der Waals surface area contributed by atoms with Crippen molar-refractivity contribution in [2.75, 3.05) is 25.0 Å². The zero-order chi connectivity index (χ0) is 13.7. The van der Waals surface area contributed by atoms with Crippen molar-refractivity contribution in [2.45, 2.75) is 32.3 Å². The van der Waals surface area contributed by atoms with Crippen LogP contribution in [-0.2, 0) is 4.74 Å². The maximum atomic E-state index is 12.2. The first-order valence-electron chi connectivity index (χ1n) is 6.76. The lowest BCUT2D eigenvalue weighted by molar-refractivity contribution is 0.0206. The fraction of sp³-hybridized carbons (Fsp3) is 0.571. The summed E-state index contributed by atoms with van der Waals surface area (Å²) in [5.41, 5.74) is 0.349. The van der Waals surface area contributed by atoms with Crippen molar-refractivity contribution in [3.63, 3.8) is 0 Å². The van der Waals surface area contributed by atoms with Gasteiger partial charge in [-0.1, -0.05) is 0 Å². The highest BCUT2D eigenvalue weighted by atomic mass is 16.5. The van der Waals surface area contributed by atoms with E-state index >= 15 is 0 Å². The third kappa shape index (κ3) is 3.44. The summed E-state index contributed by atoms with van der Waals surface area (Å²) in [4.78, 5) is 16.4. The average molecular weight is 263 g/mol. The Kier molecular flexibility index (Phi) is 4.37. The van der Waals surface area contributed by atoms with Crippen LogP contribution in [0.25, 0.3) is 0 Å². The molecule has 5 heteroatoms. The number of hydrogen-bond donors (Lipinski definition) is 2. The van der Waals surface area contributed by atoms with E-state index in [1.165, 1.54) is 0 Å². The third-order valence-electron chi connectivity index (χ3n) is 3.32. The summed E-state index contributed by atoms with van der Waals surface area (Å²) in [6.45, 7) is 6.06. The molecule has 1 aromatic heterocycles. The number of rotatable bonds is 5. The second-order valence-corrected chi connectivity index (χ2v) is 5.01. The molecule has 2 heterocycles. The van der Waals surface area contributed by atoms with Crippen LogP contribution in [-0.4, -0.2) is 36.2 Å². The van der Waals surface area contributed by atoms with E-state index < -0.39 is 0 Å². The van der Waals surface area contributed by atoms with Crippen LogP contribution in [0.3, 0.4) is 0 Å². The van der Waals surface area contributed by atoms with Crippen LogP contribution in [0.1, 0.15) is 37.0 Å². The molecule has 0 saturated carbocycles. The van der Waals surface area contributed by atoms with Gasteiger partial charge in [0, 0.05) is 25.9 Å². The van der Waals surface area contributed by atoms with Crippen molar-refractivity contribution in [1.29, 1.82) is 0 Å². The highest BCUT2D eigenvalue weighted by molar-refractivity contribution is 5.98. The number of ether oxygens (including phenoxy) is 1. The third-order valence-corrected chi connectivity index (χ3v) is 3.32. The van der Waals surface area contributed by atoms with E-state index in [0.29, 0.717) is 17.9 Å². The van der Waals surface area contributed by atoms with E-state index in [-0.39, 0.29) is 11.5 Å². The van der Waals surface area contributed by atoms with Crippen molar-refractivity contribution in [3.8, 4) is 0 Å². The zero-order valence-corrected chi connectivity index (χ0v) is 11.5. The minimum absolute atomic E-state index is 0.110. The second-order valence-electron chi connectivity index (χ2n) is 5.01. The number of nitrogens with one attached hydrogen (secondary N) is 2. The predicted octanol–water partition coefficient (Wildman–Crippen LogP) is 1.81. The number of carbonyl (C=O) groups is 1. The largest absolute Gasteiger partial charge is 0.373 e. The first-order chi connectivity index (χ1) is 9.14. The molecule has 0 spiro atoms. The SMILES string of the molecule is CCNc1ncccc1C(=O)NCC1(C)CCCO1. The number of amides is 1. The molecule has 5 nitrogen and oxygen atoms in total. The molecule has 1 unspecified atom stereocenters. The fourth-order valence-corrected chi connectivity index (χ4v) is 2.24. The lowest BCUT2D eigenvalue weighted by atomic mass is 10.0. The van der Waals surface area contributed by atoms with Gasteiger partial charge in [-0.3, -0.25) is 4.79 Å². The van der Waals surface area contributed by atoms with Gasteiger partial charge in [-0.25, -0.2) is 4.98 Å². The fourth-order valence-electron chi connectivity index (χ4n) is 2.24. The Balaban J connectivity index is 1.99. The summed E-state index contributed by atoms with van der Waals surface area (Å²) < 4.78 is 5.66.